The highest BCUT2D eigenvalue weighted by Crippen LogP contribution is 2.00. The van der Waals surface area contributed by atoms with Gasteiger partial charge in [0.15, 0.2) is 0 Å². The third-order valence-electron chi connectivity index (χ3n) is 2.31. The number of allylic oxidation sites excluding steroid dienone is 1. The van der Waals surface area contributed by atoms with Gasteiger partial charge in [0.2, 0.25) is 0 Å². The fourth-order valence-electron chi connectivity index (χ4n) is 1.57. The molecule has 0 atom stereocenters. The molecule has 2 rings (SSSR count). The van der Waals surface area contributed by atoms with Gasteiger partial charge in [0.25, 0.3) is 0 Å². The van der Waals surface area contributed by atoms with Crippen molar-refractivity contribution in [2.75, 3.05) is 0 Å². The summed E-state index contributed by atoms with van der Waals surface area (Å²) in [5.74, 6) is 0.632. The second-order valence-corrected chi connectivity index (χ2v) is 3.43. The van der Waals surface area contributed by atoms with Crippen LogP contribution in [0.4, 0.5) is 0 Å². The Morgan fingerprint density at radius 3 is 2.79 bits per heavy atom. The average molecular weight is 186 g/mol. The van der Waals surface area contributed by atoms with Crippen LogP contribution in [0.5, 0.6) is 0 Å². The van der Waals surface area contributed by atoms with Gasteiger partial charge >= 0.3 is 0 Å². The molecule has 72 valence electrons. The molecule has 1 aromatic rings. The monoisotopic (exact) mass is 186 g/mol. The molecule has 2 heteroatoms. The van der Waals surface area contributed by atoms with Gasteiger partial charge in [0.1, 0.15) is 5.82 Å². The van der Waals surface area contributed by atoms with Crippen LogP contribution in [0.25, 0.3) is 6.08 Å². The third kappa shape index (κ3) is 2.02. The van der Waals surface area contributed by atoms with Crippen molar-refractivity contribution in [3.8, 4) is 0 Å². The van der Waals surface area contributed by atoms with Gasteiger partial charge in [-0.2, -0.15) is 0 Å². The van der Waals surface area contributed by atoms with Gasteiger partial charge in [-0.3, -0.25) is 0 Å². The smallest absolute Gasteiger partial charge is 0.119 e. The molecule has 2 N–H and O–H groups in total. The summed E-state index contributed by atoms with van der Waals surface area (Å²) >= 11 is 0. The van der Waals surface area contributed by atoms with E-state index in [1.807, 2.05) is 24.3 Å². The zero-order valence-electron chi connectivity index (χ0n) is 8.11. The first kappa shape index (κ1) is 9.00. The Hall–Kier alpha value is -1.57. The van der Waals surface area contributed by atoms with E-state index >= 15 is 0 Å². The first-order valence-corrected chi connectivity index (χ1v) is 4.96. The summed E-state index contributed by atoms with van der Waals surface area (Å²) in [5.41, 5.74) is 5.77. The van der Waals surface area contributed by atoms with Crippen LogP contribution < -0.4 is 16.3 Å². The number of nitrogens with two attached hydrogens (primary N) is 1. The highest BCUT2D eigenvalue weighted by molar-refractivity contribution is 5.24. The van der Waals surface area contributed by atoms with Crippen LogP contribution in [0, 0.1) is 0 Å². The molecule has 0 saturated heterocycles. The van der Waals surface area contributed by atoms with Gasteiger partial charge in [-0.15, -0.1) is 0 Å². The predicted octanol–water partition coefficient (Wildman–Crippen LogP) is 1.07. The van der Waals surface area contributed by atoms with Crippen LogP contribution >= 0.6 is 0 Å². The van der Waals surface area contributed by atoms with Gasteiger partial charge in [0.05, 0.1) is 5.36 Å². The fraction of sp³-hybridized carbons (Fsp3) is 0.250. The molecule has 14 heavy (non-hydrogen) atoms. The largest absolute Gasteiger partial charge is 0.384 e. The zero-order valence-corrected chi connectivity index (χ0v) is 8.11. The highest BCUT2D eigenvalue weighted by Gasteiger charge is 1.92. The van der Waals surface area contributed by atoms with E-state index in [0.717, 1.165) is 24.6 Å². The summed E-state index contributed by atoms with van der Waals surface area (Å²) in [6.07, 6.45) is 7.47. The minimum Gasteiger partial charge on any atom is -0.384 e. The number of fused-ring (bicyclic) bond motifs is 1. The van der Waals surface area contributed by atoms with Crippen LogP contribution in [-0.2, 0) is 0 Å². The maximum atomic E-state index is 5.77. The molecule has 0 spiro atoms. The van der Waals surface area contributed by atoms with Crippen LogP contribution in [0.2, 0.25) is 0 Å². The Bertz CT molecular complexity index is 457. The van der Waals surface area contributed by atoms with E-state index in [1.165, 1.54) is 5.22 Å². The minimum atomic E-state index is 0.632. The second kappa shape index (κ2) is 4.09. The van der Waals surface area contributed by atoms with Crippen molar-refractivity contribution in [3.63, 3.8) is 0 Å². The molecule has 1 aliphatic rings. The van der Waals surface area contributed by atoms with Crippen molar-refractivity contribution in [2.24, 2.45) is 10.7 Å². The number of nitrogens with zero attached hydrogens (tertiary/aromatic N) is 1. The lowest BCUT2D eigenvalue weighted by Crippen LogP contribution is -2.24. The Kier molecular flexibility index (Phi) is 2.63. The van der Waals surface area contributed by atoms with Gasteiger partial charge in [-0.25, -0.2) is 4.99 Å². The number of rotatable bonds is 0. The third-order valence-corrected chi connectivity index (χ3v) is 2.31. The van der Waals surface area contributed by atoms with Crippen molar-refractivity contribution in [2.45, 2.75) is 19.3 Å². The summed E-state index contributed by atoms with van der Waals surface area (Å²) in [6.45, 7) is 0. The molecule has 1 aliphatic heterocycles. The average Bonchev–Trinajstić information content (AvgIpc) is 2.27. The summed E-state index contributed by atoms with van der Waals surface area (Å²) in [4.78, 5) is 4.37. The Balaban J connectivity index is 2.64. The molecule has 0 aliphatic carbocycles. The van der Waals surface area contributed by atoms with E-state index in [1.54, 1.807) is 0 Å². The number of para-hydroxylation sites is 1. The van der Waals surface area contributed by atoms with Crippen LogP contribution in [0.15, 0.2) is 41.2 Å². The maximum Gasteiger partial charge on any atom is 0.119 e. The molecule has 0 amide bonds. The van der Waals surface area contributed by atoms with Crippen molar-refractivity contribution in [1.29, 1.82) is 0 Å². The summed E-state index contributed by atoms with van der Waals surface area (Å²) in [5, 5.41) is 2.16. The van der Waals surface area contributed by atoms with Crippen LogP contribution in [-0.4, -0.2) is 0 Å². The molecule has 0 aromatic heterocycles. The molecular formula is C12H14N2. The van der Waals surface area contributed by atoms with Crippen LogP contribution in [0.1, 0.15) is 19.3 Å². The van der Waals surface area contributed by atoms with Gasteiger partial charge in [-0.1, -0.05) is 24.3 Å². The topological polar surface area (TPSA) is 38.4 Å². The Morgan fingerprint density at radius 2 is 1.86 bits per heavy atom. The Morgan fingerprint density at radius 1 is 1.07 bits per heavy atom. The molecule has 0 radical (unpaired) electrons. The van der Waals surface area contributed by atoms with Crippen LogP contribution in [0.3, 0.4) is 0 Å². The molecular weight excluding hydrogens is 172 g/mol. The lowest BCUT2D eigenvalue weighted by atomic mass is 10.2. The van der Waals surface area contributed by atoms with Crippen molar-refractivity contribution in [3.05, 3.63) is 46.7 Å². The van der Waals surface area contributed by atoms with E-state index in [4.69, 9.17) is 5.73 Å². The van der Waals surface area contributed by atoms with E-state index in [0.29, 0.717) is 5.82 Å². The van der Waals surface area contributed by atoms with E-state index in [-0.39, 0.29) is 0 Å². The zero-order chi connectivity index (χ0) is 9.80. The van der Waals surface area contributed by atoms with Crippen molar-refractivity contribution in [1.82, 2.24) is 0 Å². The number of hydrogen-bond acceptors (Lipinski definition) is 2. The molecule has 0 fully saturated rings. The SMILES string of the molecule is NC1=C\CCC\C=c2/cccc/c2=N/1. The lowest BCUT2D eigenvalue weighted by molar-refractivity contribution is 0.884. The van der Waals surface area contributed by atoms with Gasteiger partial charge < -0.3 is 5.73 Å². The molecule has 0 unspecified atom stereocenters. The summed E-state index contributed by atoms with van der Waals surface area (Å²) in [6, 6.07) is 8.10. The molecule has 0 bridgehead atoms. The van der Waals surface area contributed by atoms with Gasteiger partial charge in [-0.05, 0) is 36.6 Å². The standard InChI is InChI=1S/C12H14N2/c13-12-9-3-1-2-6-10-7-4-5-8-11(10)14-12/h4-9H,1-3,13H2/b10-6+,12-9-,14-11-. The number of benzene rings is 1. The molecule has 1 heterocycles. The van der Waals surface area contributed by atoms with E-state index in [9.17, 15) is 0 Å². The Labute approximate surface area is 83.5 Å². The molecule has 2 nitrogen and oxygen atoms in total. The minimum absolute atomic E-state index is 0.632. The van der Waals surface area contributed by atoms with Crippen molar-refractivity contribution < 1.29 is 0 Å². The molecule has 0 saturated carbocycles. The number of hydrogen-bond donors (Lipinski definition) is 1. The summed E-state index contributed by atoms with van der Waals surface area (Å²) < 4.78 is 0. The van der Waals surface area contributed by atoms with Gasteiger partial charge in [0, 0.05) is 0 Å². The van der Waals surface area contributed by atoms with E-state index in [2.05, 4.69) is 17.1 Å². The van der Waals surface area contributed by atoms with E-state index < -0.39 is 0 Å². The quantitative estimate of drug-likeness (QED) is 0.646. The molecule has 1 aromatic carbocycles. The summed E-state index contributed by atoms with van der Waals surface area (Å²) in [7, 11) is 0. The highest BCUT2D eigenvalue weighted by atomic mass is 14.9. The first-order valence-electron chi connectivity index (χ1n) is 4.96. The predicted molar refractivity (Wildman–Crippen MR) is 57.8 cm³/mol. The normalized spacial score (nSPS) is 24.7. The van der Waals surface area contributed by atoms with Crippen molar-refractivity contribution >= 4 is 6.08 Å². The lowest BCUT2D eigenvalue weighted by Gasteiger charge is -1.91. The first-order chi connectivity index (χ1) is 6.86. The maximum absolute atomic E-state index is 5.77. The second-order valence-electron chi connectivity index (χ2n) is 3.43. The fourth-order valence-corrected chi connectivity index (χ4v) is 1.57.